The summed E-state index contributed by atoms with van der Waals surface area (Å²) in [6, 6.07) is 88.4. The monoisotopic (exact) mass is 845 g/mol. The molecule has 2 aliphatic heterocycles. The van der Waals surface area contributed by atoms with Crippen LogP contribution < -0.4 is 41.1 Å². The van der Waals surface area contributed by atoms with E-state index < -0.39 is 8.07 Å². The summed E-state index contributed by atoms with van der Waals surface area (Å²) >= 11 is 0. The lowest BCUT2D eigenvalue weighted by Gasteiger charge is -2.36. The molecule has 0 spiro atoms. The van der Waals surface area contributed by atoms with E-state index >= 15 is 0 Å². The molecule has 0 saturated heterocycles. The largest absolute Gasteiger partial charge is 0.551 e. The van der Waals surface area contributed by atoms with Crippen LogP contribution in [-0.4, -0.2) is 19.6 Å². The molecule has 1 aromatic heterocycles. The van der Waals surface area contributed by atoms with E-state index in [4.69, 9.17) is 9.39 Å². The Labute approximate surface area is 379 Å². The summed E-state index contributed by atoms with van der Waals surface area (Å²) in [5.41, 5.74) is 12.4. The van der Waals surface area contributed by atoms with E-state index in [0.29, 0.717) is 0 Å². The average molecular weight is 846 g/mol. The molecule has 304 valence electrons. The van der Waals surface area contributed by atoms with Crippen LogP contribution in [0.15, 0.2) is 243 Å². The standard InChI is InChI=1S/C60H40BNO2Si/c1-4-17-45(18-5-1)65(46-19-6-2-7-20-46,47-21-8-3-9-22-47)59-30-15-12-23-48(59)43-33-37-51-52-26-16-29-57-60(52)61(64-58(51)40-43)53-39-42(34-38-56(53)63-57)41-31-35-44(36-32-41)62-54-27-13-10-24-49(54)50-25-11-14-28-55(50)62/h1-40H. The molecule has 10 aromatic carbocycles. The Morgan fingerprint density at radius 2 is 0.923 bits per heavy atom. The molecule has 13 rings (SSSR count). The Morgan fingerprint density at radius 3 is 1.58 bits per heavy atom. The number of fused-ring (bicyclic) bond motifs is 7. The van der Waals surface area contributed by atoms with E-state index in [0.717, 1.165) is 61.7 Å². The van der Waals surface area contributed by atoms with Crippen molar-refractivity contribution >= 4 is 68.5 Å². The van der Waals surface area contributed by atoms with E-state index in [2.05, 4.69) is 247 Å². The van der Waals surface area contributed by atoms with E-state index in [1.165, 1.54) is 48.1 Å². The molecule has 0 saturated carbocycles. The number of rotatable bonds is 7. The van der Waals surface area contributed by atoms with Gasteiger partial charge in [-0.05, 0) is 91.0 Å². The van der Waals surface area contributed by atoms with Crippen LogP contribution in [-0.2, 0) is 0 Å². The molecule has 2 aliphatic rings. The summed E-state index contributed by atoms with van der Waals surface area (Å²) < 4.78 is 16.3. The third-order valence-corrected chi connectivity index (χ3v) is 18.5. The van der Waals surface area contributed by atoms with Gasteiger partial charge in [0.05, 0.1) is 11.0 Å². The smallest absolute Gasteiger partial charge is 0.434 e. The van der Waals surface area contributed by atoms with Crippen LogP contribution in [0, 0.1) is 0 Å². The zero-order valence-corrected chi connectivity index (χ0v) is 36.4. The maximum atomic E-state index is 7.28. The average Bonchev–Trinajstić information content (AvgIpc) is 3.72. The summed E-state index contributed by atoms with van der Waals surface area (Å²) in [6.45, 7) is -0.341. The van der Waals surface area contributed by atoms with Crippen LogP contribution in [0.1, 0.15) is 0 Å². The molecule has 0 radical (unpaired) electrons. The van der Waals surface area contributed by atoms with Crippen molar-refractivity contribution in [3.05, 3.63) is 243 Å². The zero-order chi connectivity index (χ0) is 42.9. The van der Waals surface area contributed by atoms with Gasteiger partial charge in [0.15, 0.2) is 8.07 Å². The van der Waals surface area contributed by atoms with E-state index in [9.17, 15) is 0 Å². The number of ether oxygens (including phenoxy) is 1. The maximum absolute atomic E-state index is 7.28. The minimum atomic E-state index is -2.83. The minimum Gasteiger partial charge on any atom is -0.551 e. The molecule has 0 amide bonds. The number of hydrogen-bond donors (Lipinski definition) is 0. The molecular weight excluding hydrogens is 806 g/mol. The van der Waals surface area contributed by atoms with Crippen molar-refractivity contribution in [2.45, 2.75) is 0 Å². The first-order valence-corrected chi connectivity index (χ1v) is 24.4. The Bertz CT molecular complexity index is 3460. The fraction of sp³-hybridized carbons (Fsp3) is 0. The van der Waals surface area contributed by atoms with Gasteiger partial charge in [-0.2, -0.15) is 0 Å². The van der Waals surface area contributed by atoms with Gasteiger partial charge >= 0.3 is 6.92 Å². The summed E-state index contributed by atoms with van der Waals surface area (Å²) in [6.07, 6.45) is 0. The second-order valence-electron chi connectivity index (χ2n) is 17.1. The van der Waals surface area contributed by atoms with Crippen LogP contribution in [0.2, 0.25) is 0 Å². The van der Waals surface area contributed by atoms with E-state index in [1.807, 2.05) is 0 Å². The van der Waals surface area contributed by atoms with Crippen LogP contribution in [0.3, 0.4) is 0 Å². The van der Waals surface area contributed by atoms with Gasteiger partial charge in [-0.3, -0.25) is 0 Å². The molecule has 0 bridgehead atoms. The Hall–Kier alpha value is -8.12. The first-order chi connectivity index (χ1) is 32.2. The highest BCUT2D eigenvalue weighted by Gasteiger charge is 2.44. The van der Waals surface area contributed by atoms with Crippen LogP contribution in [0.25, 0.3) is 60.9 Å². The van der Waals surface area contributed by atoms with Crippen LogP contribution in [0.4, 0.5) is 0 Å². The summed E-state index contributed by atoms with van der Waals surface area (Å²) in [5, 5.41) is 7.89. The van der Waals surface area contributed by atoms with Gasteiger partial charge in [-0.1, -0.05) is 200 Å². The highest BCUT2D eigenvalue weighted by Crippen LogP contribution is 2.42. The van der Waals surface area contributed by atoms with Crippen LogP contribution in [0.5, 0.6) is 17.2 Å². The Balaban J connectivity index is 0.916. The summed E-state index contributed by atoms with van der Waals surface area (Å²) in [7, 11) is -2.83. The van der Waals surface area contributed by atoms with E-state index in [-0.39, 0.29) is 6.92 Å². The van der Waals surface area contributed by atoms with Crippen molar-refractivity contribution < 1.29 is 9.39 Å². The summed E-state index contributed by atoms with van der Waals surface area (Å²) in [5.74, 6) is 2.53. The first-order valence-electron chi connectivity index (χ1n) is 22.4. The molecule has 5 heteroatoms. The van der Waals surface area contributed by atoms with Crippen molar-refractivity contribution in [1.82, 2.24) is 4.57 Å². The summed E-state index contributed by atoms with van der Waals surface area (Å²) in [4.78, 5) is 0. The molecule has 65 heavy (non-hydrogen) atoms. The molecule has 0 atom stereocenters. The number of nitrogens with zero attached hydrogens (tertiary/aromatic N) is 1. The molecule has 11 aromatic rings. The molecular formula is C60H40BNO2Si. The third kappa shape index (κ3) is 5.83. The first kappa shape index (κ1) is 37.4. The predicted octanol–water partition coefficient (Wildman–Crippen LogP) is 10.8. The molecule has 3 nitrogen and oxygen atoms in total. The third-order valence-electron chi connectivity index (χ3n) is 13.7. The Kier molecular flexibility index (Phi) is 8.65. The second-order valence-corrected chi connectivity index (χ2v) is 20.9. The molecule has 0 N–H and O–H groups in total. The van der Waals surface area contributed by atoms with Crippen molar-refractivity contribution in [3.8, 4) is 56.3 Å². The van der Waals surface area contributed by atoms with Gasteiger partial charge in [-0.25, -0.2) is 0 Å². The maximum Gasteiger partial charge on any atom is 0.434 e. The van der Waals surface area contributed by atoms with Crippen LogP contribution >= 0.6 is 0 Å². The molecule has 0 unspecified atom stereocenters. The number of benzene rings is 10. The zero-order valence-electron chi connectivity index (χ0n) is 35.4. The van der Waals surface area contributed by atoms with Gasteiger partial charge in [0, 0.05) is 32.9 Å². The quantitative estimate of drug-likeness (QED) is 0.118. The SMILES string of the molecule is c1ccc([Si](c2ccccc2)(c2ccccc2)c2ccccc2-c2ccc3c(c2)OB2c4cc(-c5ccc(-n6c7ccccc7c7ccccc76)cc5)ccc4Oc4cccc-3c42)cc1. The highest BCUT2D eigenvalue weighted by atomic mass is 28.3. The van der Waals surface area contributed by atoms with Gasteiger partial charge in [0.2, 0.25) is 0 Å². The minimum absolute atomic E-state index is 0.341. The molecule has 0 aliphatic carbocycles. The predicted molar refractivity (Wildman–Crippen MR) is 273 cm³/mol. The molecule has 3 heterocycles. The normalized spacial score (nSPS) is 12.5. The van der Waals surface area contributed by atoms with Gasteiger partial charge in [0.1, 0.15) is 17.2 Å². The van der Waals surface area contributed by atoms with Crippen molar-refractivity contribution in [2.24, 2.45) is 0 Å². The van der Waals surface area contributed by atoms with Crippen molar-refractivity contribution in [3.63, 3.8) is 0 Å². The number of para-hydroxylation sites is 2. The lowest BCUT2D eigenvalue weighted by Crippen LogP contribution is -2.75. The lowest BCUT2D eigenvalue weighted by molar-refractivity contribution is 0.479. The second kappa shape index (κ2) is 15.0. The van der Waals surface area contributed by atoms with Crippen molar-refractivity contribution in [1.29, 1.82) is 0 Å². The highest BCUT2D eigenvalue weighted by molar-refractivity contribution is 7.20. The van der Waals surface area contributed by atoms with Gasteiger partial charge < -0.3 is 14.0 Å². The molecule has 0 fully saturated rings. The number of hydrogen-bond acceptors (Lipinski definition) is 2. The Morgan fingerprint density at radius 1 is 0.369 bits per heavy atom. The van der Waals surface area contributed by atoms with Gasteiger partial charge in [-0.15, -0.1) is 0 Å². The fourth-order valence-corrected chi connectivity index (χ4v) is 15.8. The topological polar surface area (TPSA) is 23.4 Å². The van der Waals surface area contributed by atoms with Crippen molar-refractivity contribution in [2.75, 3.05) is 0 Å². The fourth-order valence-electron chi connectivity index (χ4n) is 10.8. The van der Waals surface area contributed by atoms with E-state index in [1.54, 1.807) is 0 Å². The number of aromatic nitrogens is 1. The lowest BCUT2D eigenvalue weighted by atomic mass is 9.50. The van der Waals surface area contributed by atoms with Gasteiger partial charge in [0.25, 0.3) is 0 Å².